The van der Waals surface area contributed by atoms with Gasteiger partial charge in [0.15, 0.2) is 0 Å². The predicted molar refractivity (Wildman–Crippen MR) is 122 cm³/mol. The summed E-state index contributed by atoms with van der Waals surface area (Å²) in [6.45, 7) is 2.15. The van der Waals surface area contributed by atoms with Gasteiger partial charge in [0.05, 0.1) is 0 Å². The molecule has 134 valence electrons. The summed E-state index contributed by atoms with van der Waals surface area (Å²) < 4.78 is 0. The summed E-state index contributed by atoms with van der Waals surface area (Å²) in [5, 5.41) is 5.81. The van der Waals surface area contributed by atoms with Crippen molar-refractivity contribution >= 4 is 33.1 Å². The third kappa shape index (κ3) is 2.69. The Morgan fingerprint density at radius 2 is 1.04 bits per heavy atom. The first-order valence-electron chi connectivity index (χ1n) is 9.49. The average molecular weight is 379 g/mol. The number of halogens is 1. The van der Waals surface area contributed by atoms with Crippen LogP contribution in [0.25, 0.3) is 43.8 Å². The van der Waals surface area contributed by atoms with E-state index in [9.17, 15) is 0 Å². The van der Waals surface area contributed by atoms with Gasteiger partial charge in [0.1, 0.15) is 0 Å². The molecule has 0 nitrogen and oxygen atoms in total. The Morgan fingerprint density at radius 1 is 0.536 bits per heavy atom. The topological polar surface area (TPSA) is 0 Å². The Hall–Kier alpha value is -3.09. The van der Waals surface area contributed by atoms with E-state index < -0.39 is 0 Å². The van der Waals surface area contributed by atoms with Gasteiger partial charge in [-0.25, -0.2) is 0 Å². The molecule has 0 N–H and O–H groups in total. The fourth-order valence-corrected chi connectivity index (χ4v) is 4.37. The molecular formula is C27H19Cl. The van der Waals surface area contributed by atoms with Crippen LogP contribution in [0.5, 0.6) is 0 Å². The molecule has 0 fully saturated rings. The minimum Gasteiger partial charge on any atom is -0.0843 e. The third-order valence-corrected chi connectivity index (χ3v) is 5.70. The molecule has 28 heavy (non-hydrogen) atoms. The maximum absolute atomic E-state index is 6.40. The van der Waals surface area contributed by atoms with Crippen LogP contribution in [0.4, 0.5) is 0 Å². The van der Waals surface area contributed by atoms with Crippen LogP contribution < -0.4 is 0 Å². The molecule has 0 aromatic heterocycles. The van der Waals surface area contributed by atoms with Crippen LogP contribution in [-0.2, 0) is 0 Å². The van der Waals surface area contributed by atoms with E-state index in [4.69, 9.17) is 11.6 Å². The molecule has 0 unspecified atom stereocenters. The normalized spacial score (nSPS) is 11.2. The van der Waals surface area contributed by atoms with Gasteiger partial charge in [-0.1, -0.05) is 96.5 Å². The Kier molecular flexibility index (Phi) is 4.15. The van der Waals surface area contributed by atoms with E-state index in [1.807, 2.05) is 6.07 Å². The highest BCUT2D eigenvalue weighted by Gasteiger charge is 2.17. The zero-order valence-corrected chi connectivity index (χ0v) is 16.4. The third-order valence-electron chi connectivity index (χ3n) is 5.46. The fraction of sp³-hybridized carbons (Fsp3) is 0.0370. The summed E-state index contributed by atoms with van der Waals surface area (Å²) in [5.74, 6) is 0. The Balaban J connectivity index is 2.02. The van der Waals surface area contributed by atoms with Gasteiger partial charge in [-0.15, -0.1) is 0 Å². The lowest BCUT2D eigenvalue weighted by Crippen LogP contribution is -1.92. The number of hydrogen-bond acceptors (Lipinski definition) is 0. The maximum Gasteiger partial charge on any atom is 0.0412 e. The van der Waals surface area contributed by atoms with Crippen molar-refractivity contribution in [1.82, 2.24) is 0 Å². The van der Waals surface area contributed by atoms with Crippen molar-refractivity contribution in [3.8, 4) is 22.3 Å². The summed E-state index contributed by atoms with van der Waals surface area (Å²) in [7, 11) is 0. The standard InChI is InChI=1S/C27H19Cl/c1-18-15-16-20(28)17-25(18)27-23-13-7-5-11-21(23)26(19-9-3-2-4-10-19)22-12-6-8-14-24(22)27/h2-17H,1H3. The first-order valence-corrected chi connectivity index (χ1v) is 9.87. The zero-order chi connectivity index (χ0) is 19.1. The van der Waals surface area contributed by atoms with Gasteiger partial charge in [0, 0.05) is 5.02 Å². The van der Waals surface area contributed by atoms with Gasteiger partial charge < -0.3 is 0 Å². The molecule has 0 atom stereocenters. The molecule has 1 heteroatoms. The van der Waals surface area contributed by atoms with Crippen molar-refractivity contribution in [3.05, 3.63) is 108 Å². The summed E-state index contributed by atoms with van der Waals surface area (Å²) in [6, 6.07) is 34.2. The highest BCUT2D eigenvalue weighted by molar-refractivity contribution is 6.31. The van der Waals surface area contributed by atoms with Gasteiger partial charge in [-0.3, -0.25) is 0 Å². The van der Waals surface area contributed by atoms with Gasteiger partial charge in [-0.2, -0.15) is 0 Å². The van der Waals surface area contributed by atoms with Crippen LogP contribution >= 0.6 is 11.6 Å². The molecule has 5 aromatic carbocycles. The fourth-order valence-electron chi connectivity index (χ4n) is 4.20. The first kappa shape index (κ1) is 17.0. The van der Waals surface area contributed by atoms with Crippen molar-refractivity contribution in [1.29, 1.82) is 0 Å². The van der Waals surface area contributed by atoms with Crippen LogP contribution in [0.2, 0.25) is 5.02 Å². The van der Waals surface area contributed by atoms with E-state index in [1.165, 1.54) is 49.4 Å². The minimum absolute atomic E-state index is 0.765. The number of rotatable bonds is 2. The SMILES string of the molecule is Cc1ccc(Cl)cc1-c1c2ccccc2c(-c2ccccc2)c2ccccc12. The molecule has 5 aromatic rings. The molecule has 0 heterocycles. The maximum atomic E-state index is 6.40. The Bertz CT molecular complexity index is 1260. The van der Waals surface area contributed by atoms with E-state index in [1.54, 1.807) is 0 Å². The molecule has 0 aliphatic rings. The van der Waals surface area contributed by atoms with Crippen LogP contribution in [0, 0.1) is 6.92 Å². The van der Waals surface area contributed by atoms with E-state index in [0.29, 0.717) is 0 Å². The van der Waals surface area contributed by atoms with Crippen molar-refractivity contribution in [2.24, 2.45) is 0 Å². The zero-order valence-electron chi connectivity index (χ0n) is 15.6. The molecular weight excluding hydrogens is 360 g/mol. The largest absolute Gasteiger partial charge is 0.0843 e. The highest BCUT2D eigenvalue weighted by atomic mass is 35.5. The smallest absolute Gasteiger partial charge is 0.0412 e. The van der Waals surface area contributed by atoms with Crippen molar-refractivity contribution in [2.45, 2.75) is 6.92 Å². The number of fused-ring (bicyclic) bond motifs is 2. The van der Waals surface area contributed by atoms with Gasteiger partial charge in [-0.05, 0) is 68.4 Å². The minimum atomic E-state index is 0.765. The molecule has 0 aliphatic carbocycles. The lowest BCUT2D eigenvalue weighted by atomic mass is 9.85. The van der Waals surface area contributed by atoms with Crippen molar-refractivity contribution in [2.75, 3.05) is 0 Å². The monoisotopic (exact) mass is 378 g/mol. The second-order valence-corrected chi connectivity index (χ2v) is 7.60. The Morgan fingerprint density at radius 3 is 1.61 bits per heavy atom. The highest BCUT2D eigenvalue weighted by Crippen LogP contribution is 2.44. The quantitative estimate of drug-likeness (QED) is 0.271. The van der Waals surface area contributed by atoms with Crippen LogP contribution in [0.3, 0.4) is 0 Å². The van der Waals surface area contributed by atoms with Gasteiger partial charge >= 0.3 is 0 Å². The number of hydrogen-bond donors (Lipinski definition) is 0. The van der Waals surface area contributed by atoms with Gasteiger partial charge in [0.25, 0.3) is 0 Å². The first-order chi connectivity index (χ1) is 13.7. The van der Waals surface area contributed by atoms with E-state index in [0.717, 1.165) is 5.02 Å². The number of aryl methyl sites for hydroxylation is 1. The van der Waals surface area contributed by atoms with Gasteiger partial charge in [0.2, 0.25) is 0 Å². The second kappa shape index (κ2) is 6.82. The van der Waals surface area contributed by atoms with E-state index in [2.05, 4.69) is 97.9 Å². The lowest BCUT2D eigenvalue weighted by Gasteiger charge is -2.18. The summed E-state index contributed by atoms with van der Waals surface area (Å²) in [6.07, 6.45) is 0. The van der Waals surface area contributed by atoms with E-state index in [-0.39, 0.29) is 0 Å². The van der Waals surface area contributed by atoms with Crippen molar-refractivity contribution in [3.63, 3.8) is 0 Å². The average Bonchev–Trinajstić information content (AvgIpc) is 2.74. The summed E-state index contributed by atoms with van der Waals surface area (Å²) in [4.78, 5) is 0. The lowest BCUT2D eigenvalue weighted by molar-refractivity contribution is 1.47. The van der Waals surface area contributed by atoms with Crippen LogP contribution in [0.15, 0.2) is 97.1 Å². The molecule has 0 amide bonds. The van der Waals surface area contributed by atoms with Crippen LogP contribution in [0.1, 0.15) is 5.56 Å². The molecule has 0 spiro atoms. The van der Waals surface area contributed by atoms with E-state index >= 15 is 0 Å². The molecule has 0 aliphatic heterocycles. The number of benzene rings is 5. The second-order valence-electron chi connectivity index (χ2n) is 7.17. The molecule has 5 rings (SSSR count). The molecule has 0 saturated heterocycles. The molecule has 0 bridgehead atoms. The molecule has 0 radical (unpaired) electrons. The predicted octanol–water partition coefficient (Wildman–Crippen LogP) is 8.29. The van der Waals surface area contributed by atoms with Crippen LogP contribution in [-0.4, -0.2) is 0 Å². The molecule has 0 saturated carbocycles. The van der Waals surface area contributed by atoms with Crippen molar-refractivity contribution < 1.29 is 0 Å². The summed E-state index contributed by atoms with van der Waals surface area (Å²) in [5.41, 5.74) is 6.21. The Labute approximate surface area is 170 Å². The summed E-state index contributed by atoms with van der Waals surface area (Å²) >= 11 is 6.40.